The van der Waals surface area contributed by atoms with Crippen molar-refractivity contribution in [2.24, 2.45) is 5.16 Å². The number of halogens is 2. The molecular weight excluding hydrogens is 375 g/mol. The van der Waals surface area contributed by atoms with Crippen molar-refractivity contribution in [3.05, 3.63) is 75.5 Å². The van der Waals surface area contributed by atoms with Crippen molar-refractivity contribution in [2.75, 3.05) is 0 Å². The fourth-order valence-electron chi connectivity index (χ4n) is 2.24. The van der Waals surface area contributed by atoms with Crippen molar-refractivity contribution in [3.63, 3.8) is 0 Å². The third kappa shape index (κ3) is 4.15. The Morgan fingerprint density at radius 3 is 2.46 bits per heavy atom. The monoisotopic (exact) mass is 388 g/mol. The van der Waals surface area contributed by atoms with Gasteiger partial charge in [-0.2, -0.15) is 0 Å². The quantitative estimate of drug-likeness (QED) is 0.337. The predicted molar refractivity (Wildman–Crippen MR) is 101 cm³/mol. The van der Waals surface area contributed by atoms with Gasteiger partial charge in [0.2, 0.25) is 0 Å². The summed E-state index contributed by atoms with van der Waals surface area (Å²) in [5.41, 5.74) is 2.50. The Hall–Kier alpha value is -2.57. The zero-order chi connectivity index (χ0) is 18.7. The lowest BCUT2D eigenvalue weighted by atomic mass is 10.2. The number of carbonyl (C=O) groups is 1. The molecule has 0 radical (unpaired) electrons. The molecule has 0 N–H and O–H groups in total. The van der Waals surface area contributed by atoms with Gasteiger partial charge in [-0.1, -0.05) is 28.9 Å². The van der Waals surface area contributed by atoms with Crippen LogP contribution in [0.2, 0.25) is 5.02 Å². The van der Waals surface area contributed by atoms with E-state index in [0.717, 1.165) is 21.1 Å². The summed E-state index contributed by atoms with van der Waals surface area (Å²) in [4.78, 5) is 22.3. The SMILES string of the molecule is C/C(=N\OC(=O)c1ccc(F)cc1)c1sc(-c2ccc(Cl)cc2)nc1C. The third-order valence-corrected chi connectivity index (χ3v) is 5.13. The Bertz CT molecular complexity index is 966. The second-order valence-electron chi connectivity index (χ2n) is 5.50. The lowest BCUT2D eigenvalue weighted by Crippen LogP contribution is -2.03. The molecule has 3 rings (SSSR count). The van der Waals surface area contributed by atoms with Crippen LogP contribution in [-0.2, 0) is 4.84 Å². The van der Waals surface area contributed by atoms with Crippen LogP contribution in [0.4, 0.5) is 4.39 Å². The molecule has 0 saturated carbocycles. The molecule has 0 aliphatic heterocycles. The maximum absolute atomic E-state index is 12.9. The van der Waals surface area contributed by atoms with Crippen molar-refractivity contribution >= 4 is 34.6 Å². The summed E-state index contributed by atoms with van der Waals surface area (Å²) in [6.07, 6.45) is 0. The van der Waals surface area contributed by atoms with Crippen molar-refractivity contribution in [3.8, 4) is 10.6 Å². The summed E-state index contributed by atoms with van der Waals surface area (Å²) in [6.45, 7) is 3.61. The van der Waals surface area contributed by atoms with E-state index in [2.05, 4.69) is 10.1 Å². The second kappa shape index (κ2) is 7.76. The van der Waals surface area contributed by atoms with Crippen LogP contribution in [-0.4, -0.2) is 16.7 Å². The molecule has 0 fully saturated rings. The van der Waals surface area contributed by atoms with Gasteiger partial charge in [0, 0.05) is 10.6 Å². The second-order valence-corrected chi connectivity index (χ2v) is 6.94. The summed E-state index contributed by atoms with van der Waals surface area (Å²) in [7, 11) is 0. The number of aryl methyl sites for hydroxylation is 1. The molecule has 0 atom stereocenters. The topological polar surface area (TPSA) is 51.5 Å². The van der Waals surface area contributed by atoms with Crippen LogP contribution in [0.25, 0.3) is 10.6 Å². The normalized spacial score (nSPS) is 11.5. The molecule has 0 aliphatic carbocycles. The van der Waals surface area contributed by atoms with E-state index >= 15 is 0 Å². The first-order valence-corrected chi connectivity index (χ1v) is 8.89. The molecule has 0 aliphatic rings. The Morgan fingerprint density at radius 1 is 1.15 bits per heavy atom. The molecule has 7 heteroatoms. The first kappa shape index (κ1) is 18.2. The van der Waals surface area contributed by atoms with E-state index in [0.29, 0.717) is 10.7 Å². The van der Waals surface area contributed by atoms with Crippen LogP contribution in [0.15, 0.2) is 53.7 Å². The highest BCUT2D eigenvalue weighted by molar-refractivity contribution is 7.17. The van der Waals surface area contributed by atoms with Gasteiger partial charge in [0.15, 0.2) is 0 Å². The Morgan fingerprint density at radius 2 is 1.81 bits per heavy atom. The molecule has 0 bridgehead atoms. The van der Waals surface area contributed by atoms with Crippen molar-refractivity contribution in [1.82, 2.24) is 4.98 Å². The van der Waals surface area contributed by atoms with Gasteiger partial charge < -0.3 is 4.84 Å². The summed E-state index contributed by atoms with van der Waals surface area (Å²) in [5, 5.41) is 5.39. The average molecular weight is 389 g/mol. The van der Waals surface area contributed by atoms with E-state index in [1.807, 2.05) is 19.1 Å². The number of oxime groups is 1. The third-order valence-electron chi connectivity index (χ3n) is 3.56. The number of benzene rings is 2. The first-order chi connectivity index (χ1) is 12.4. The molecule has 0 amide bonds. The number of hydrogen-bond acceptors (Lipinski definition) is 5. The zero-order valence-electron chi connectivity index (χ0n) is 14.0. The van der Waals surface area contributed by atoms with Crippen molar-refractivity contribution in [1.29, 1.82) is 0 Å². The number of thiazole rings is 1. The van der Waals surface area contributed by atoms with Gasteiger partial charge in [0.1, 0.15) is 10.8 Å². The van der Waals surface area contributed by atoms with Crippen molar-refractivity contribution in [2.45, 2.75) is 13.8 Å². The van der Waals surface area contributed by atoms with E-state index in [9.17, 15) is 9.18 Å². The smallest absolute Gasteiger partial charge is 0.313 e. The number of carbonyl (C=O) groups excluding carboxylic acids is 1. The van der Waals surface area contributed by atoms with E-state index in [1.54, 1.807) is 19.1 Å². The van der Waals surface area contributed by atoms with E-state index in [-0.39, 0.29) is 5.56 Å². The minimum atomic E-state index is -0.649. The molecule has 132 valence electrons. The van der Waals surface area contributed by atoms with Crippen LogP contribution in [0.5, 0.6) is 0 Å². The molecule has 4 nitrogen and oxygen atoms in total. The highest BCUT2D eigenvalue weighted by Gasteiger charge is 2.14. The molecule has 26 heavy (non-hydrogen) atoms. The van der Waals surface area contributed by atoms with Crippen LogP contribution in [0.3, 0.4) is 0 Å². The van der Waals surface area contributed by atoms with Gasteiger partial charge in [-0.05, 0) is 50.2 Å². The maximum atomic E-state index is 12.9. The van der Waals surface area contributed by atoms with Gasteiger partial charge in [-0.15, -0.1) is 11.3 Å². The minimum absolute atomic E-state index is 0.228. The van der Waals surface area contributed by atoms with Gasteiger partial charge in [0.05, 0.1) is 21.8 Å². The van der Waals surface area contributed by atoms with Gasteiger partial charge in [-0.3, -0.25) is 0 Å². The molecule has 1 heterocycles. The highest BCUT2D eigenvalue weighted by Crippen LogP contribution is 2.29. The summed E-state index contributed by atoms with van der Waals surface area (Å²) >= 11 is 7.36. The van der Waals surface area contributed by atoms with Gasteiger partial charge in [-0.25, -0.2) is 14.2 Å². The van der Waals surface area contributed by atoms with Crippen LogP contribution in [0.1, 0.15) is 27.9 Å². The first-order valence-electron chi connectivity index (χ1n) is 7.69. The standard InChI is InChI=1S/C19H14ClFN2O2S/c1-11-17(26-18(22-11)13-3-7-15(20)8-4-13)12(2)23-25-19(24)14-5-9-16(21)10-6-14/h3-10H,1-2H3/b23-12+. The van der Waals surface area contributed by atoms with Gasteiger partial charge >= 0.3 is 5.97 Å². The fraction of sp³-hybridized carbons (Fsp3) is 0.105. The summed E-state index contributed by atoms with van der Waals surface area (Å²) in [6, 6.07) is 12.5. The van der Waals surface area contributed by atoms with E-state index < -0.39 is 11.8 Å². The lowest BCUT2D eigenvalue weighted by molar-refractivity contribution is 0.0516. The molecular formula is C19H14ClFN2O2S. The minimum Gasteiger partial charge on any atom is -0.313 e. The molecule has 0 unspecified atom stereocenters. The summed E-state index contributed by atoms with van der Waals surface area (Å²) in [5.74, 6) is -1.07. The molecule has 0 saturated heterocycles. The molecule has 1 aromatic heterocycles. The average Bonchev–Trinajstić information content (AvgIpc) is 3.02. The molecule has 2 aromatic carbocycles. The summed E-state index contributed by atoms with van der Waals surface area (Å²) < 4.78 is 12.9. The van der Waals surface area contributed by atoms with E-state index in [4.69, 9.17) is 16.4 Å². The number of aromatic nitrogens is 1. The Kier molecular flexibility index (Phi) is 5.44. The number of nitrogens with zero attached hydrogens (tertiary/aromatic N) is 2. The van der Waals surface area contributed by atoms with Crippen LogP contribution in [0, 0.1) is 12.7 Å². The Labute approximate surface area is 158 Å². The predicted octanol–water partition coefficient (Wildman–Crippen LogP) is 5.49. The largest absolute Gasteiger partial charge is 0.365 e. The number of rotatable bonds is 4. The maximum Gasteiger partial charge on any atom is 0.365 e. The highest BCUT2D eigenvalue weighted by atomic mass is 35.5. The fourth-order valence-corrected chi connectivity index (χ4v) is 3.37. The Balaban J connectivity index is 1.77. The van der Waals surface area contributed by atoms with Crippen LogP contribution >= 0.6 is 22.9 Å². The molecule has 3 aromatic rings. The molecule has 0 spiro atoms. The van der Waals surface area contributed by atoms with E-state index in [1.165, 1.54) is 35.6 Å². The van der Waals surface area contributed by atoms with Gasteiger partial charge in [0.25, 0.3) is 0 Å². The number of hydrogen-bond donors (Lipinski definition) is 0. The van der Waals surface area contributed by atoms with Crippen molar-refractivity contribution < 1.29 is 14.0 Å². The lowest BCUT2D eigenvalue weighted by Gasteiger charge is -2.00. The zero-order valence-corrected chi connectivity index (χ0v) is 15.6. The van der Waals surface area contributed by atoms with Crippen LogP contribution < -0.4 is 0 Å².